The number of hydrogen-bond donors (Lipinski definition) is 2. The van der Waals surface area contributed by atoms with Gasteiger partial charge in [-0.05, 0) is 19.3 Å². The van der Waals surface area contributed by atoms with Crippen LogP contribution in [-0.4, -0.2) is 40.7 Å². The number of hydrogen-bond acceptors (Lipinski definition) is 5. The average Bonchev–Trinajstić information content (AvgIpc) is 3.06. The zero-order valence-corrected chi connectivity index (χ0v) is 11.3. The molecule has 1 aliphatic rings. The Bertz CT molecular complexity index is 567. The molecule has 0 bridgehead atoms. The second-order valence-electron chi connectivity index (χ2n) is 4.89. The largest absolute Gasteiger partial charge is 0.381 e. The predicted octanol–water partition coefficient (Wildman–Crippen LogP) is 1.75. The quantitative estimate of drug-likeness (QED) is 0.878. The molecule has 19 heavy (non-hydrogen) atoms. The van der Waals surface area contributed by atoms with Gasteiger partial charge < -0.3 is 19.8 Å². The molecule has 102 valence electrons. The second kappa shape index (κ2) is 5.05. The smallest absolute Gasteiger partial charge is 0.180 e. The van der Waals surface area contributed by atoms with Crippen molar-refractivity contribution in [2.45, 2.75) is 31.4 Å². The Balaban J connectivity index is 1.85. The van der Waals surface area contributed by atoms with Gasteiger partial charge in [-0.25, -0.2) is 9.97 Å². The summed E-state index contributed by atoms with van der Waals surface area (Å²) in [6, 6.07) is 0.407. The summed E-state index contributed by atoms with van der Waals surface area (Å²) in [6.45, 7) is 0. The third-order valence-corrected chi connectivity index (χ3v) is 3.69. The highest BCUT2D eigenvalue weighted by Crippen LogP contribution is 2.26. The van der Waals surface area contributed by atoms with Gasteiger partial charge in [0.05, 0.1) is 12.3 Å². The van der Waals surface area contributed by atoms with E-state index in [-0.39, 0.29) is 0 Å². The SMILES string of the molecule is CNc1cn2ccnc2c(NC2CCC(OC)C2)n1. The average molecular weight is 261 g/mol. The molecule has 6 heteroatoms. The van der Waals surface area contributed by atoms with Crippen LogP contribution in [0.5, 0.6) is 0 Å². The van der Waals surface area contributed by atoms with Crippen LogP contribution in [0, 0.1) is 0 Å². The van der Waals surface area contributed by atoms with Crippen molar-refractivity contribution in [1.82, 2.24) is 14.4 Å². The first-order chi connectivity index (χ1) is 9.30. The zero-order chi connectivity index (χ0) is 13.2. The van der Waals surface area contributed by atoms with Gasteiger partial charge in [0.1, 0.15) is 5.82 Å². The molecule has 2 aromatic heterocycles. The van der Waals surface area contributed by atoms with Crippen LogP contribution in [0.25, 0.3) is 5.65 Å². The molecular weight excluding hydrogens is 242 g/mol. The number of ether oxygens (including phenoxy) is 1. The minimum absolute atomic E-state index is 0.362. The van der Waals surface area contributed by atoms with Gasteiger partial charge in [0.15, 0.2) is 11.5 Å². The van der Waals surface area contributed by atoms with Gasteiger partial charge in [-0.2, -0.15) is 0 Å². The molecule has 2 N–H and O–H groups in total. The maximum atomic E-state index is 5.40. The van der Waals surface area contributed by atoms with E-state index in [1.165, 1.54) is 0 Å². The van der Waals surface area contributed by atoms with Crippen molar-refractivity contribution in [3.8, 4) is 0 Å². The lowest BCUT2D eigenvalue weighted by Crippen LogP contribution is -2.19. The molecule has 0 aromatic carbocycles. The zero-order valence-electron chi connectivity index (χ0n) is 11.3. The van der Waals surface area contributed by atoms with Gasteiger partial charge in [0.25, 0.3) is 0 Å². The molecule has 2 heterocycles. The van der Waals surface area contributed by atoms with Crippen LogP contribution in [0.1, 0.15) is 19.3 Å². The molecule has 1 fully saturated rings. The summed E-state index contributed by atoms with van der Waals surface area (Å²) in [6.07, 6.45) is 9.24. The van der Waals surface area contributed by atoms with Crippen LogP contribution in [0.15, 0.2) is 18.6 Å². The summed E-state index contributed by atoms with van der Waals surface area (Å²) in [5.74, 6) is 1.66. The van der Waals surface area contributed by atoms with E-state index in [1.807, 2.05) is 23.8 Å². The van der Waals surface area contributed by atoms with E-state index in [9.17, 15) is 0 Å². The summed E-state index contributed by atoms with van der Waals surface area (Å²) in [7, 11) is 3.64. The number of anilines is 2. The van der Waals surface area contributed by atoms with Gasteiger partial charge in [0, 0.05) is 32.6 Å². The maximum Gasteiger partial charge on any atom is 0.180 e. The molecule has 0 aliphatic heterocycles. The predicted molar refractivity (Wildman–Crippen MR) is 74.6 cm³/mol. The maximum absolute atomic E-state index is 5.40. The number of rotatable bonds is 4. The molecule has 2 unspecified atom stereocenters. The van der Waals surface area contributed by atoms with Gasteiger partial charge >= 0.3 is 0 Å². The van der Waals surface area contributed by atoms with Gasteiger partial charge in [-0.15, -0.1) is 0 Å². The monoisotopic (exact) mass is 261 g/mol. The van der Waals surface area contributed by atoms with E-state index in [2.05, 4.69) is 20.6 Å². The van der Waals surface area contributed by atoms with Crippen molar-refractivity contribution in [2.75, 3.05) is 24.8 Å². The van der Waals surface area contributed by atoms with E-state index < -0.39 is 0 Å². The van der Waals surface area contributed by atoms with Crippen molar-refractivity contribution >= 4 is 17.3 Å². The number of methoxy groups -OCH3 is 1. The minimum Gasteiger partial charge on any atom is -0.381 e. The summed E-state index contributed by atoms with van der Waals surface area (Å²) >= 11 is 0. The summed E-state index contributed by atoms with van der Waals surface area (Å²) < 4.78 is 7.38. The molecule has 3 rings (SSSR count). The number of fused-ring (bicyclic) bond motifs is 1. The fourth-order valence-electron chi connectivity index (χ4n) is 2.63. The van der Waals surface area contributed by atoms with Crippen molar-refractivity contribution in [3.63, 3.8) is 0 Å². The number of nitrogens with zero attached hydrogens (tertiary/aromatic N) is 3. The van der Waals surface area contributed by atoms with Crippen molar-refractivity contribution in [1.29, 1.82) is 0 Å². The number of imidazole rings is 1. The Morgan fingerprint density at radius 3 is 3.05 bits per heavy atom. The van der Waals surface area contributed by atoms with Crippen LogP contribution < -0.4 is 10.6 Å². The molecular formula is C13H19N5O. The molecule has 0 radical (unpaired) electrons. The molecule has 6 nitrogen and oxygen atoms in total. The van der Waals surface area contributed by atoms with E-state index in [1.54, 1.807) is 13.3 Å². The fraction of sp³-hybridized carbons (Fsp3) is 0.538. The van der Waals surface area contributed by atoms with E-state index in [0.29, 0.717) is 12.1 Å². The molecule has 1 saturated carbocycles. The molecule has 1 aliphatic carbocycles. The van der Waals surface area contributed by atoms with Crippen LogP contribution in [0.3, 0.4) is 0 Å². The van der Waals surface area contributed by atoms with Gasteiger partial charge in [-0.3, -0.25) is 0 Å². The normalized spacial score (nSPS) is 22.8. The van der Waals surface area contributed by atoms with Crippen molar-refractivity contribution in [2.24, 2.45) is 0 Å². The third-order valence-electron chi connectivity index (χ3n) is 3.69. The summed E-state index contributed by atoms with van der Waals surface area (Å²) in [5, 5.41) is 6.56. The standard InChI is InChI=1S/C13H19N5O/c1-14-11-8-18-6-5-15-13(18)12(17-11)16-9-3-4-10(7-9)19-2/h5-6,8-10,14H,3-4,7H2,1-2H3,(H,16,17). The number of aromatic nitrogens is 3. The Morgan fingerprint density at radius 1 is 1.42 bits per heavy atom. The molecule has 0 amide bonds. The highest BCUT2D eigenvalue weighted by atomic mass is 16.5. The van der Waals surface area contributed by atoms with Crippen molar-refractivity contribution in [3.05, 3.63) is 18.6 Å². The second-order valence-corrected chi connectivity index (χ2v) is 4.89. The Kier molecular flexibility index (Phi) is 3.25. The Labute approximate surface area is 112 Å². The van der Waals surface area contributed by atoms with E-state index >= 15 is 0 Å². The first kappa shape index (κ1) is 12.2. The Hall–Kier alpha value is -1.82. The topological polar surface area (TPSA) is 63.5 Å². The first-order valence-electron chi connectivity index (χ1n) is 6.61. The van der Waals surface area contributed by atoms with Crippen LogP contribution in [0.2, 0.25) is 0 Å². The Morgan fingerprint density at radius 2 is 2.32 bits per heavy atom. The highest BCUT2D eigenvalue weighted by Gasteiger charge is 2.25. The lowest BCUT2D eigenvalue weighted by atomic mass is 10.2. The summed E-state index contributed by atoms with van der Waals surface area (Å²) in [5.41, 5.74) is 0.861. The third kappa shape index (κ3) is 2.35. The number of nitrogens with one attached hydrogen (secondary N) is 2. The highest BCUT2D eigenvalue weighted by molar-refractivity contribution is 5.65. The van der Waals surface area contributed by atoms with Crippen LogP contribution >= 0.6 is 0 Å². The fourth-order valence-corrected chi connectivity index (χ4v) is 2.63. The molecule has 0 saturated heterocycles. The lowest BCUT2D eigenvalue weighted by molar-refractivity contribution is 0.108. The minimum atomic E-state index is 0.362. The van der Waals surface area contributed by atoms with Gasteiger partial charge in [0.2, 0.25) is 0 Å². The molecule has 2 aromatic rings. The van der Waals surface area contributed by atoms with E-state index in [0.717, 1.165) is 36.5 Å². The first-order valence-corrected chi connectivity index (χ1v) is 6.61. The summed E-state index contributed by atoms with van der Waals surface area (Å²) in [4.78, 5) is 8.91. The van der Waals surface area contributed by atoms with Crippen LogP contribution in [0.4, 0.5) is 11.6 Å². The van der Waals surface area contributed by atoms with Crippen molar-refractivity contribution < 1.29 is 4.74 Å². The van der Waals surface area contributed by atoms with Crippen LogP contribution in [-0.2, 0) is 4.74 Å². The molecule has 2 atom stereocenters. The molecule has 0 spiro atoms. The van der Waals surface area contributed by atoms with E-state index in [4.69, 9.17) is 4.74 Å². The van der Waals surface area contributed by atoms with Gasteiger partial charge in [-0.1, -0.05) is 0 Å². The lowest BCUT2D eigenvalue weighted by Gasteiger charge is -2.15.